The van der Waals surface area contributed by atoms with Crippen LogP contribution in [0.2, 0.25) is 0 Å². The van der Waals surface area contributed by atoms with Crippen molar-refractivity contribution in [1.82, 2.24) is 10.3 Å². The number of ether oxygens (including phenoxy) is 2. The van der Waals surface area contributed by atoms with Gasteiger partial charge in [-0.25, -0.2) is 4.98 Å². The fourth-order valence-corrected chi connectivity index (χ4v) is 2.00. The first kappa shape index (κ1) is 12.2. The molecular weight excluding hydrogens is 216 g/mol. The van der Waals surface area contributed by atoms with Gasteiger partial charge in [0.2, 0.25) is 0 Å². The molecule has 1 atom stereocenters. The van der Waals surface area contributed by atoms with E-state index < -0.39 is 0 Å². The minimum Gasteiger partial charge on any atom is -0.488 e. The maximum Gasteiger partial charge on any atom is 0.257 e. The van der Waals surface area contributed by atoms with E-state index >= 15 is 0 Å². The van der Waals surface area contributed by atoms with Crippen molar-refractivity contribution in [2.45, 2.75) is 32.2 Å². The number of aromatic nitrogens is 1. The summed E-state index contributed by atoms with van der Waals surface area (Å²) in [5, 5.41) is 3.45. The molecule has 2 heterocycles. The third-order valence-corrected chi connectivity index (χ3v) is 2.87. The van der Waals surface area contributed by atoms with Gasteiger partial charge in [0.15, 0.2) is 5.75 Å². The van der Waals surface area contributed by atoms with Gasteiger partial charge in [-0.3, -0.25) is 0 Å². The maximum absolute atomic E-state index is 5.73. The van der Waals surface area contributed by atoms with E-state index in [2.05, 4.69) is 10.3 Å². The summed E-state index contributed by atoms with van der Waals surface area (Å²) in [7, 11) is 0. The molecule has 1 aliphatic rings. The summed E-state index contributed by atoms with van der Waals surface area (Å²) >= 11 is 0. The molecule has 1 saturated heterocycles. The van der Waals surface area contributed by atoms with E-state index in [0.29, 0.717) is 25.1 Å². The number of nitrogens with one attached hydrogen (secondary N) is 1. The summed E-state index contributed by atoms with van der Waals surface area (Å²) in [5.74, 6) is 1.33. The molecule has 0 saturated carbocycles. The van der Waals surface area contributed by atoms with Gasteiger partial charge in [0.25, 0.3) is 5.88 Å². The molecule has 1 unspecified atom stereocenters. The summed E-state index contributed by atoms with van der Waals surface area (Å²) in [4.78, 5) is 4.21. The lowest BCUT2D eigenvalue weighted by molar-refractivity contribution is 0.218. The molecular formula is C13H20N2O2. The molecule has 0 radical (unpaired) electrons. The number of hydrogen-bond donors (Lipinski definition) is 1. The van der Waals surface area contributed by atoms with Gasteiger partial charge in [0.05, 0.1) is 6.61 Å². The molecule has 0 spiro atoms. The van der Waals surface area contributed by atoms with Gasteiger partial charge in [0, 0.05) is 12.2 Å². The molecule has 0 aliphatic carbocycles. The van der Waals surface area contributed by atoms with E-state index in [1.807, 2.05) is 19.1 Å². The van der Waals surface area contributed by atoms with Gasteiger partial charge in [-0.2, -0.15) is 0 Å². The summed E-state index contributed by atoms with van der Waals surface area (Å²) in [6.07, 6.45) is 5.45. The molecule has 1 aromatic rings. The van der Waals surface area contributed by atoms with Crippen molar-refractivity contribution < 1.29 is 9.47 Å². The van der Waals surface area contributed by atoms with Crippen LogP contribution in [0.3, 0.4) is 0 Å². The molecule has 0 amide bonds. The Morgan fingerprint density at radius 2 is 2.35 bits per heavy atom. The highest BCUT2D eigenvalue weighted by atomic mass is 16.5. The van der Waals surface area contributed by atoms with E-state index in [1.165, 1.54) is 19.3 Å². The van der Waals surface area contributed by atoms with Gasteiger partial charge in [-0.1, -0.05) is 6.42 Å². The van der Waals surface area contributed by atoms with Crippen molar-refractivity contribution in [1.29, 1.82) is 0 Å². The average Bonchev–Trinajstić information content (AvgIpc) is 2.39. The molecule has 4 heteroatoms. The molecule has 17 heavy (non-hydrogen) atoms. The number of pyridine rings is 1. The van der Waals surface area contributed by atoms with Crippen molar-refractivity contribution in [3.8, 4) is 11.6 Å². The van der Waals surface area contributed by atoms with Crippen LogP contribution in [0.4, 0.5) is 0 Å². The van der Waals surface area contributed by atoms with Crippen molar-refractivity contribution >= 4 is 0 Å². The fourth-order valence-electron chi connectivity index (χ4n) is 2.00. The van der Waals surface area contributed by atoms with Crippen LogP contribution in [-0.4, -0.2) is 30.8 Å². The van der Waals surface area contributed by atoms with Gasteiger partial charge in [-0.05, 0) is 38.4 Å². The summed E-state index contributed by atoms with van der Waals surface area (Å²) in [6, 6.07) is 4.19. The van der Waals surface area contributed by atoms with E-state index in [4.69, 9.17) is 9.47 Å². The fraction of sp³-hybridized carbons (Fsp3) is 0.615. The van der Waals surface area contributed by atoms with Crippen LogP contribution in [0.5, 0.6) is 11.6 Å². The predicted octanol–water partition coefficient (Wildman–Crippen LogP) is 2.00. The monoisotopic (exact) mass is 236 g/mol. The summed E-state index contributed by atoms with van der Waals surface area (Å²) in [5.41, 5.74) is 0. The van der Waals surface area contributed by atoms with Crippen LogP contribution in [0.1, 0.15) is 26.2 Å². The quantitative estimate of drug-likeness (QED) is 0.849. The van der Waals surface area contributed by atoms with Crippen LogP contribution in [-0.2, 0) is 0 Å². The maximum atomic E-state index is 5.73. The zero-order chi connectivity index (χ0) is 11.9. The van der Waals surface area contributed by atoms with Gasteiger partial charge in [0.1, 0.15) is 6.61 Å². The lowest BCUT2D eigenvalue weighted by atomic mass is 10.1. The van der Waals surface area contributed by atoms with Gasteiger partial charge < -0.3 is 14.8 Å². The van der Waals surface area contributed by atoms with Crippen LogP contribution in [0, 0.1) is 0 Å². The lowest BCUT2D eigenvalue weighted by Crippen LogP contribution is -2.38. The molecule has 0 aromatic carbocycles. The largest absolute Gasteiger partial charge is 0.488 e. The van der Waals surface area contributed by atoms with Gasteiger partial charge in [-0.15, -0.1) is 0 Å². The predicted molar refractivity (Wildman–Crippen MR) is 66.5 cm³/mol. The first-order valence-electron chi connectivity index (χ1n) is 6.34. The molecule has 1 aromatic heterocycles. The molecule has 1 N–H and O–H groups in total. The van der Waals surface area contributed by atoms with Crippen LogP contribution >= 0.6 is 0 Å². The second kappa shape index (κ2) is 6.45. The zero-order valence-corrected chi connectivity index (χ0v) is 10.3. The van der Waals surface area contributed by atoms with Crippen molar-refractivity contribution in [3.63, 3.8) is 0 Å². The van der Waals surface area contributed by atoms with Crippen molar-refractivity contribution in [2.24, 2.45) is 0 Å². The number of hydrogen-bond acceptors (Lipinski definition) is 4. The molecule has 1 aliphatic heterocycles. The number of nitrogens with zero attached hydrogens (tertiary/aromatic N) is 1. The minimum absolute atomic E-state index is 0.445. The number of rotatable bonds is 5. The SMILES string of the molecule is CCOc1cccnc1OCC1CCCCN1. The average molecular weight is 236 g/mol. The Morgan fingerprint density at radius 1 is 1.41 bits per heavy atom. The first-order valence-corrected chi connectivity index (χ1v) is 6.34. The van der Waals surface area contributed by atoms with Crippen LogP contribution < -0.4 is 14.8 Å². The van der Waals surface area contributed by atoms with E-state index in [9.17, 15) is 0 Å². The first-order chi connectivity index (χ1) is 8.40. The van der Waals surface area contributed by atoms with Crippen LogP contribution in [0.15, 0.2) is 18.3 Å². The summed E-state index contributed by atoms with van der Waals surface area (Å²) in [6.45, 7) is 4.34. The Balaban J connectivity index is 1.88. The topological polar surface area (TPSA) is 43.4 Å². The third-order valence-electron chi connectivity index (χ3n) is 2.87. The van der Waals surface area contributed by atoms with E-state index in [-0.39, 0.29) is 0 Å². The molecule has 2 rings (SSSR count). The van der Waals surface area contributed by atoms with E-state index in [0.717, 1.165) is 12.3 Å². The second-order valence-electron chi connectivity index (χ2n) is 4.20. The molecule has 0 bridgehead atoms. The van der Waals surface area contributed by atoms with Crippen molar-refractivity contribution in [3.05, 3.63) is 18.3 Å². The van der Waals surface area contributed by atoms with Gasteiger partial charge >= 0.3 is 0 Å². The number of piperidine rings is 1. The van der Waals surface area contributed by atoms with Crippen molar-refractivity contribution in [2.75, 3.05) is 19.8 Å². The highest BCUT2D eigenvalue weighted by molar-refractivity contribution is 5.32. The third kappa shape index (κ3) is 3.60. The van der Waals surface area contributed by atoms with E-state index in [1.54, 1.807) is 6.20 Å². The summed E-state index contributed by atoms with van der Waals surface area (Å²) < 4.78 is 11.2. The Kier molecular flexibility index (Phi) is 4.62. The smallest absolute Gasteiger partial charge is 0.257 e. The Hall–Kier alpha value is -1.29. The highest BCUT2D eigenvalue weighted by Crippen LogP contribution is 2.23. The Labute approximate surface area is 102 Å². The Morgan fingerprint density at radius 3 is 3.12 bits per heavy atom. The minimum atomic E-state index is 0.445. The lowest BCUT2D eigenvalue weighted by Gasteiger charge is -2.23. The highest BCUT2D eigenvalue weighted by Gasteiger charge is 2.14. The molecule has 1 fully saturated rings. The zero-order valence-electron chi connectivity index (χ0n) is 10.3. The second-order valence-corrected chi connectivity index (χ2v) is 4.20. The standard InChI is InChI=1S/C13H20N2O2/c1-2-16-12-7-5-9-15-13(12)17-10-11-6-3-4-8-14-11/h5,7,9,11,14H,2-4,6,8,10H2,1H3. The molecule has 4 nitrogen and oxygen atoms in total. The normalized spacial score (nSPS) is 19.9. The Bertz CT molecular complexity index is 338. The van der Waals surface area contributed by atoms with Crippen LogP contribution in [0.25, 0.3) is 0 Å². The molecule has 94 valence electrons.